The zero-order valence-corrected chi connectivity index (χ0v) is 55.0. The van der Waals surface area contributed by atoms with E-state index in [4.69, 9.17) is 0 Å². The summed E-state index contributed by atoms with van der Waals surface area (Å²) in [5.74, 6) is -1.95. The van der Waals surface area contributed by atoms with Crippen LogP contribution in [-0.2, 0) is 67.1 Å². The van der Waals surface area contributed by atoms with E-state index in [-0.39, 0.29) is 124 Å². The fraction of sp³-hybridized carbons (Fsp3) is 0.206. The monoisotopic (exact) mass is 1470 g/mol. The van der Waals surface area contributed by atoms with Gasteiger partial charge in [0.15, 0.2) is 0 Å². The summed E-state index contributed by atoms with van der Waals surface area (Å²) in [6.45, 7) is 2.92. The van der Waals surface area contributed by atoms with Gasteiger partial charge in [0.25, 0.3) is 22.9 Å². The number of benzene rings is 6. The number of aromatic nitrogens is 2. The van der Waals surface area contributed by atoms with E-state index in [0.29, 0.717) is 24.1 Å². The Balaban J connectivity index is 0.0000123. The number of halogens is 7. The average Bonchev–Trinajstić information content (AvgIpc) is 0.777. The number of sulfonamides is 2. The Kier molecular flexibility index (Phi) is 22.9. The molecule has 6 aromatic carbocycles. The Hall–Kier alpha value is -8.47. The van der Waals surface area contributed by atoms with E-state index >= 15 is 0 Å². The molecule has 8 rings (SSSR count). The number of nitrogens with zero attached hydrogens (tertiary/aromatic N) is 5. The van der Waals surface area contributed by atoms with Crippen molar-refractivity contribution >= 4 is 53.5 Å². The molecule has 2 atom stereocenters. The zero-order chi connectivity index (χ0) is 67.1. The molecule has 0 aliphatic rings. The molecule has 0 spiro atoms. The first kappa shape index (κ1) is 72.0. The van der Waals surface area contributed by atoms with Gasteiger partial charge in [-0.1, -0.05) is 36.4 Å². The van der Waals surface area contributed by atoms with E-state index in [1.54, 1.807) is 0 Å². The molecule has 2 unspecified atom stereocenters. The van der Waals surface area contributed by atoms with Crippen molar-refractivity contribution < 1.29 is 89.6 Å². The maximum Gasteiger partial charge on any atom is 0.416 e. The number of amides is 2. The second-order valence-corrected chi connectivity index (χ2v) is 27.8. The minimum absolute atomic E-state index is 0. The molecule has 0 aliphatic heterocycles. The number of nitrogens with one attached hydrogen (secondary N) is 4. The Morgan fingerprint density at radius 3 is 1.26 bits per heavy atom. The number of hydrogen-bond acceptors (Lipinski definition) is 12. The summed E-state index contributed by atoms with van der Waals surface area (Å²) in [4.78, 5) is 55.4. The lowest BCUT2D eigenvalue weighted by molar-refractivity contribution is -0.889. The van der Waals surface area contributed by atoms with Gasteiger partial charge in [0.05, 0.1) is 109 Å². The number of quaternary nitrogens is 1. The SMILES string of the molecule is Cc1c(S(=O)c2ccc(C#N)cc2)cc(C(=O)NCc2ccc(S(=O)(=O)NCCC[N+](C)(C)CCNS(=O)(=O)c3ccc(CNC(=O)c4cc(S(=O)c5ccc(C#N)cc5)c(C)n(-c5cccc(C(F)(F)F)c5)c4=O)cc3)cc2)c(=O)n1-c1cccc(C(F)(F)F)c1.[I-]. The summed E-state index contributed by atoms with van der Waals surface area (Å²) in [6.07, 6.45) is -9.24. The predicted molar refractivity (Wildman–Crippen MR) is 327 cm³/mol. The molecule has 2 heterocycles. The lowest BCUT2D eigenvalue weighted by Crippen LogP contribution is -3.00. The summed E-state index contributed by atoms with van der Waals surface area (Å²) in [7, 11) is -8.69. The predicted octanol–water partition coefficient (Wildman–Crippen LogP) is 5.31. The fourth-order valence-electron chi connectivity index (χ4n) is 9.49. The van der Waals surface area contributed by atoms with E-state index in [1.165, 1.54) is 123 Å². The van der Waals surface area contributed by atoms with Crippen LogP contribution in [0.15, 0.2) is 197 Å². The van der Waals surface area contributed by atoms with E-state index < -0.39 is 99.2 Å². The first-order valence-electron chi connectivity index (χ1n) is 27.6. The molecule has 0 fully saturated rings. The summed E-state index contributed by atoms with van der Waals surface area (Å²) in [5, 5.41) is 23.6. The van der Waals surface area contributed by atoms with Crippen molar-refractivity contribution in [2.75, 3.05) is 40.3 Å². The minimum atomic E-state index is -4.78. The van der Waals surface area contributed by atoms with Gasteiger partial charge in [0, 0.05) is 58.6 Å². The molecule has 19 nitrogen and oxygen atoms in total. The highest BCUT2D eigenvalue weighted by Crippen LogP contribution is 2.33. The molecule has 30 heteroatoms. The molecule has 0 saturated heterocycles. The summed E-state index contributed by atoms with van der Waals surface area (Å²) < 4.78 is 171. The molecule has 0 saturated carbocycles. The van der Waals surface area contributed by atoms with Crippen molar-refractivity contribution in [1.29, 1.82) is 10.5 Å². The lowest BCUT2D eigenvalue weighted by Gasteiger charge is -2.30. The average molecular weight is 1470 g/mol. The number of nitriles is 2. The first-order chi connectivity index (χ1) is 43.3. The van der Waals surface area contributed by atoms with Crippen LogP contribution in [0, 0.1) is 36.5 Å². The summed E-state index contributed by atoms with van der Waals surface area (Å²) in [6, 6.07) is 35.8. The summed E-state index contributed by atoms with van der Waals surface area (Å²) in [5.41, 5.74) is -4.49. The second-order valence-electron chi connectivity index (χ2n) is 21.4. The highest BCUT2D eigenvalue weighted by atomic mass is 127. The number of carbonyl (C=O) groups is 2. The molecule has 0 radical (unpaired) electrons. The third-order valence-electron chi connectivity index (χ3n) is 14.6. The van der Waals surface area contributed by atoms with E-state index in [0.717, 1.165) is 57.7 Å². The van der Waals surface area contributed by atoms with Crippen LogP contribution in [0.2, 0.25) is 0 Å². The van der Waals surface area contributed by atoms with Crippen molar-refractivity contribution in [3.8, 4) is 23.5 Å². The van der Waals surface area contributed by atoms with Crippen molar-refractivity contribution in [3.63, 3.8) is 0 Å². The molecule has 0 bridgehead atoms. The minimum Gasteiger partial charge on any atom is -1.00 e. The van der Waals surface area contributed by atoms with Crippen molar-refractivity contribution in [2.45, 2.75) is 75.1 Å². The third-order valence-corrected chi connectivity index (χ3v) is 20.5. The van der Waals surface area contributed by atoms with Gasteiger partial charge in [0.1, 0.15) is 11.1 Å². The van der Waals surface area contributed by atoms with Crippen LogP contribution in [0.1, 0.15) is 71.9 Å². The fourth-order valence-corrected chi connectivity index (χ4v) is 14.0. The topological polar surface area (TPSA) is 276 Å². The van der Waals surface area contributed by atoms with Crippen LogP contribution in [0.3, 0.4) is 0 Å². The molecule has 0 aliphatic carbocycles. The Bertz CT molecular complexity index is 4650. The van der Waals surface area contributed by atoms with Gasteiger partial charge in [-0.2, -0.15) is 36.9 Å². The molecular weight excluding hydrogens is 1410 g/mol. The van der Waals surface area contributed by atoms with Gasteiger partial charge >= 0.3 is 12.4 Å². The van der Waals surface area contributed by atoms with Gasteiger partial charge in [-0.15, -0.1) is 0 Å². The van der Waals surface area contributed by atoms with Crippen LogP contribution in [0.4, 0.5) is 26.3 Å². The standard InChI is InChI=1S/C63H55F6N9O10S4.HI/c1-40-56(89(83)50-20-12-42(36-70)13-21-50)34-54(60(81)76(40)48-10-5-8-46(32-48)62(64,65)66)58(79)72-38-44-16-24-52(25-17-44)91(85,86)74-28-7-30-78(3,4)31-29-75-92(87,88)53-26-18-45(19-27-53)39-73-59(80)55-35-57(90(84)51-22-14-43(37-71)15-23-51)41(2)77(61(55)82)49-11-6-9-47(33-49)63(67,68)69;/h5-6,8-27,32-35,74-75H,7,28-31,38-39H2,1-4H3,(H-,72,73,79,80);1H. The number of likely N-dealkylation sites (N-methyl/N-ethyl adjacent to an activating group) is 1. The van der Waals surface area contributed by atoms with Crippen LogP contribution in [0.25, 0.3) is 11.4 Å². The zero-order valence-electron chi connectivity index (χ0n) is 49.6. The first-order valence-corrected chi connectivity index (χ1v) is 32.9. The molecule has 486 valence electrons. The third kappa shape index (κ3) is 17.4. The Labute approximate surface area is 552 Å². The van der Waals surface area contributed by atoms with Gasteiger partial charge in [-0.3, -0.25) is 28.3 Å². The van der Waals surface area contributed by atoms with E-state index in [2.05, 4.69) is 20.1 Å². The van der Waals surface area contributed by atoms with E-state index in [1.807, 2.05) is 26.2 Å². The van der Waals surface area contributed by atoms with Crippen LogP contribution in [-0.4, -0.2) is 91.0 Å². The molecule has 2 amide bonds. The highest BCUT2D eigenvalue weighted by Gasteiger charge is 2.33. The van der Waals surface area contributed by atoms with Crippen LogP contribution >= 0.6 is 0 Å². The quantitative estimate of drug-likeness (QED) is 0.0275. The van der Waals surface area contributed by atoms with Crippen molar-refractivity contribution in [2.24, 2.45) is 0 Å². The van der Waals surface area contributed by atoms with Gasteiger partial charge in [-0.05, 0) is 146 Å². The largest absolute Gasteiger partial charge is 1.00 e. The van der Waals surface area contributed by atoms with Crippen molar-refractivity contribution in [3.05, 3.63) is 234 Å². The number of hydrogen-bond donors (Lipinski definition) is 4. The maximum absolute atomic E-state index is 14.0. The number of pyridine rings is 2. The Morgan fingerprint density at radius 1 is 0.538 bits per heavy atom. The molecule has 8 aromatic rings. The highest BCUT2D eigenvalue weighted by molar-refractivity contribution is 7.89. The number of carbonyl (C=O) groups excluding carboxylic acids is 2. The van der Waals surface area contributed by atoms with Crippen molar-refractivity contribution in [1.82, 2.24) is 29.2 Å². The normalized spacial score (nSPS) is 12.6. The van der Waals surface area contributed by atoms with Crippen LogP contribution < -0.4 is 55.2 Å². The molecule has 4 N–H and O–H groups in total. The smallest absolute Gasteiger partial charge is 0.416 e. The van der Waals surface area contributed by atoms with Crippen LogP contribution in [0.5, 0.6) is 0 Å². The Morgan fingerprint density at radius 2 is 0.903 bits per heavy atom. The maximum atomic E-state index is 14.0. The van der Waals surface area contributed by atoms with Gasteiger partial charge < -0.3 is 39.1 Å². The number of rotatable bonds is 23. The van der Waals surface area contributed by atoms with Gasteiger partial charge in [0.2, 0.25) is 20.0 Å². The molecule has 93 heavy (non-hydrogen) atoms. The summed E-state index contributed by atoms with van der Waals surface area (Å²) >= 11 is 0. The molecule has 2 aromatic heterocycles. The number of alkyl halides is 6. The van der Waals surface area contributed by atoms with E-state index in [9.17, 15) is 81.3 Å². The lowest BCUT2D eigenvalue weighted by atomic mass is 10.1. The van der Waals surface area contributed by atoms with Gasteiger partial charge in [-0.25, -0.2) is 34.7 Å². The second kappa shape index (κ2) is 29.6. The molecular formula is C63H56F6IN9O10S4.